The van der Waals surface area contributed by atoms with Gasteiger partial charge in [0, 0.05) is 25.3 Å². The van der Waals surface area contributed by atoms with Crippen LogP contribution in [0.1, 0.15) is 24.8 Å². The second-order valence-corrected chi connectivity index (χ2v) is 5.01. The van der Waals surface area contributed by atoms with E-state index in [1.807, 2.05) is 0 Å². The SMILES string of the molecule is Oc1ccc(F)cc1CNCCCOCC1CCCO1. The maximum atomic E-state index is 13.0. The molecule has 1 aliphatic rings. The number of phenols is 1. The molecule has 1 atom stereocenters. The first-order chi connectivity index (χ1) is 9.75. The van der Waals surface area contributed by atoms with Gasteiger partial charge in [-0.25, -0.2) is 4.39 Å². The predicted molar refractivity (Wildman–Crippen MR) is 74.2 cm³/mol. The van der Waals surface area contributed by atoms with Gasteiger partial charge in [0.05, 0.1) is 12.7 Å². The van der Waals surface area contributed by atoms with Crippen LogP contribution in [0.3, 0.4) is 0 Å². The van der Waals surface area contributed by atoms with Crippen molar-refractivity contribution in [2.75, 3.05) is 26.4 Å². The Morgan fingerprint density at radius 3 is 3.15 bits per heavy atom. The van der Waals surface area contributed by atoms with Crippen LogP contribution in [0.2, 0.25) is 0 Å². The molecule has 1 saturated heterocycles. The molecule has 1 unspecified atom stereocenters. The number of benzene rings is 1. The molecule has 0 aromatic heterocycles. The van der Waals surface area contributed by atoms with E-state index >= 15 is 0 Å². The van der Waals surface area contributed by atoms with Gasteiger partial charge in [-0.2, -0.15) is 0 Å². The number of aromatic hydroxyl groups is 1. The molecule has 0 aliphatic carbocycles. The van der Waals surface area contributed by atoms with Gasteiger partial charge in [0.25, 0.3) is 0 Å². The molecule has 112 valence electrons. The Labute approximate surface area is 118 Å². The molecule has 5 heteroatoms. The van der Waals surface area contributed by atoms with Crippen molar-refractivity contribution in [2.24, 2.45) is 0 Å². The van der Waals surface area contributed by atoms with Crippen LogP contribution in [0.15, 0.2) is 18.2 Å². The first-order valence-electron chi connectivity index (χ1n) is 7.13. The van der Waals surface area contributed by atoms with Gasteiger partial charge in [0.15, 0.2) is 0 Å². The van der Waals surface area contributed by atoms with Gasteiger partial charge >= 0.3 is 0 Å². The summed E-state index contributed by atoms with van der Waals surface area (Å²) >= 11 is 0. The van der Waals surface area contributed by atoms with E-state index in [0.29, 0.717) is 25.3 Å². The molecule has 20 heavy (non-hydrogen) atoms. The molecule has 1 heterocycles. The largest absolute Gasteiger partial charge is 0.508 e. The van der Waals surface area contributed by atoms with E-state index in [1.54, 1.807) is 0 Å². The Balaban J connectivity index is 1.51. The summed E-state index contributed by atoms with van der Waals surface area (Å²) in [5.74, 6) is -0.215. The second kappa shape index (κ2) is 8.19. The van der Waals surface area contributed by atoms with Gasteiger partial charge in [0.1, 0.15) is 11.6 Å². The second-order valence-electron chi connectivity index (χ2n) is 5.01. The molecule has 1 aliphatic heterocycles. The minimum Gasteiger partial charge on any atom is -0.508 e. The zero-order valence-corrected chi connectivity index (χ0v) is 11.6. The zero-order valence-electron chi connectivity index (χ0n) is 11.6. The average Bonchev–Trinajstić information content (AvgIpc) is 2.94. The number of nitrogens with one attached hydrogen (secondary N) is 1. The molecule has 0 bridgehead atoms. The maximum Gasteiger partial charge on any atom is 0.123 e. The minimum absolute atomic E-state index is 0.119. The first-order valence-corrected chi connectivity index (χ1v) is 7.13. The van der Waals surface area contributed by atoms with Crippen molar-refractivity contribution in [2.45, 2.75) is 31.9 Å². The molecule has 0 spiro atoms. The lowest BCUT2D eigenvalue weighted by molar-refractivity contribution is 0.0166. The van der Waals surface area contributed by atoms with Crippen LogP contribution in [0, 0.1) is 5.82 Å². The van der Waals surface area contributed by atoms with E-state index in [-0.39, 0.29) is 17.7 Å². The van der Waals surface area contributed by atoms with Crippen LogP contribution in [0.4, 0.5) is 4.39 Å². The van der Waals surface area contributed by atoms with Gasteiger partial charge in [-0.3, -0.25) is 0 Å². The van der Waals surface area contributed by atoms with Crippen LogP contribution < -0.4 is 5.32 Å². The first kappa shape index (κ1) is 15.2. The van der Waals surface area contributed by atoms with Crippen molar-refractivity contribution in [3.8, 4) is 5.75 Å². The van der Waals surface area contributed by atoms with Crippen LogP contribution in [0.5, 0.6) is 5.75 Å². The van der Waals surface area contributed by atoms with Gasteiger partial charge in [-0.1, -0.05) is 0 Å². The summed E-state index contributed by atoms with van der Waals surface area (Å²) < 4.78 is 24.0. The number of phenolic OH excluding ortho intramolecular Hbond substituents is 1. The number of halogens is 1. The Morgan fingerprint density at radius 1 is 1.45 bits per heavy atom. The van der Waals surface area contributed by atoms with Crippen molar-refractivity contribution in [1.82, 2.24) is 5.32 Å². The van der Waals surface area contributed by atoms with E-state index in [9.17, 15) is 9.50 Å². The molecular weight excluding hydrogens is 261 g/mol. The molecule has 0 saturated carbocycles. The van der Waals surface area contributed by atoms with Crippen molar-refractivity contribution < 1.29 is 19.0 Å². The number of hydrogen-bond donors (Lipinski definition) is 2. The molecular formula is C15H22FNO3. The fourth-order valence-corrected chi connectivity index (χ4v) is 2.21. The molecule has 0 radical (unpaired) electrons. The van der Waals surface area contributed by atoms with E-state index < -0.39 is 0 Å². The van der Waals surface area contributed by atoms with Gasteiger partial charge in [-0.15, -0.1) is 0 Å². The third-order valence-corrected chi connectivity index (χ3v) is 3.33. The Kier molecular flexibility index (Phi) is 6.24. The van der Waals surface area contributed by atoms with E-state index in [1.165, 1.54) is 18.2 Å². The molecule has 0 amide bonds. The number of hydrogen-bond acceptors (Lipinski definition) is 4. The lowest BCUT2D eigenvalue weighted by Gasteiger charge is -2.10. The molecule has 4 nitrogen and oxygen atoms in total. The van der Waals surface area contributed by atoms with Gasteiger partial charge in [-0.05, 0) is 44.0 Å². The Bertz CT molecular complexity index is 408. The quantitative estimate of drug-likeness (QED) is 0.718. The molecule has 2 N–H and O–H groups in total. The highest BCUT2D eigenvalue weighted by Crippen LogP contribution is 2.17. The Hall–Kier alpha value is -1.17. The van der Waals surface area contributed by atoms with E-state index in [4.69, 9.17) is 9.47 Å². The normalized spacial score (nSPS) is 18.6. The molecule has 2 rings (SSSR count). The lowest BCUT2D eigenvalue weighted by atomic mass is 10.2. The third kappa shape index (κ3) is 5.07. The summed E-state index contributed by atoms with van der Waals surface area (Å²) in [6, 6.07) is 3.96. The molecule has 1 fully saturated rings. The van der Waals surface area contributed by atoms with Gasteiger partial charge < -0.3 is 19.9 Å². The summed E-state index contributed by atoms with van der Waals surface area (Å²) in [5, 5.41) is 12.7. The highest BCUT2D eigenvalue weighted by Gasteiger charge is 2.14. The van der Waals surface area contributed by atoms with Crippen LogP contribution in [-0.4, -0.2) is 37.6 Å². The topological polar surface area (TPSA) is 50.7 Å². The average molecular weight is 283 g/mol. The standard InChI is InChI=1S/C15H22FNO3/c16-13-4-5-15(18)12(9-13)10-17-6-2-7-19-11-14-3-1-8-20-14/h4-5,9,14,17-18H,1-3,6-8,10-11H2. The van der Waals surface area contributed by atoms with E-state index in [0.717, 1.165) is 32.4 Å². The third-order valence-electron chi connectivity index (χ3n) is 3.33. The number of ether oxygens (including phenoxy) is 2. The number of rotatable bonds is 8. The summed E-state index contributed by atoms with van der Waals surface area (Å²) in [6.45, 7) is 3.43. The van der Waals surface area contributed by atoms with Crippen molar-refractivity contribution in [3.63, 3.8) is 0 Å². The van der Waals surface area contributed by atoms with Crippen molar-refractivity contribution in [3.05, 3.63) is 29.6 Å². The molecule has 1 aromatic rings. The maximum absolute atomic E-state index is 13.0. The monoisotopic (exact) mass is 283 g/mol. The molecule has 1 aromatic carbocycles. The lowest BCUT2D eigenvalue weighted by Crippen LogP contribution is -2.19. The summed E-state index contributed by atoms with van der Waals surface area (Å²) in [5.41, 5.74) is 0.574. The fraction of sp³-hybridized carbons (Fsp3) is 0.600. The van der Waals surface area contributed by atoms with Crippen LogP contribution in [-0.2, 0) is 16.0 Å². The summed E-state index contributed by atoms with van der Waals surface area (Å²) in [4.78, 5) is 0. The summed E-state index contributed by atoms with van der Waals surface area (Å²) in [7, 11) is 0. The van der Waals surface area contributed by atoms with Crippen molar-refractivity contribution in [1.29, 1.82) is 0 Å². The highest BCUT2D eigenvalue weighted by atomic mass is 19.1. The Morgan fingerprint density at radius 2 is 2.35 bits per heavy atom. The summed E-state index contributed by atoms with van der Waals surface area (Å²) in [6.07, 6.45) is 3.37. The predicted octanol–water partition coefficient (Wildman–Crippen LogP) is 2.21. The zero-order chi connectivity index (χ0) is 14.2. The fourth-order valence-electron chi connectivity index (χ4n) is 2.21. The minimum atomic E-state index is -0.334. The van der Waals surface area contributed by atoms with Gasteiger partial charge in [0.2, 0.25) is 0 Å². The van der Waals surface area contributed by atoms with E-state index in [2.05, 4.69) is 5.32 Å². The van der Waals surface area contributed by atoms with Crippen LogP contribution in [0.25, 0.3) is 0 Å². The van der Waals surface area contributed by atoms with Crippen LogP contribution >= 0.6 is 0 Å². The van der Waals surface area contributed by atoms with Crippen molar-refractivity contribution >= 4 is 0 Å². The highest BCUT2D eigenvalue weighted by molar-refractivity contribution is 5.32. The smallest absolute Gasteiger partial charge is 0.123 e.